The second-order valence-electron chi connectivity index (χ2n) is 13.6. The molecule has 3 atom stereocenters. The molecular formula is C31H42N8O11S2. The number of nitrogens with two attached hydrogens (primary N) is 1. The summed E-state index contributed by atoms with van der Waals surface area (Å²) >= 11 is 0.963. The van der Waals surface area contributed by atoms with E-state index in [4.69, 9.17) is 30.0 Å². The predicted octanol–water partition coefficient (Wildman–Crippen LogP) is 0.454. The van der Waals surface area contributed by atoms with Gasteiger partial charge in [0.25, 0.3) is 17.4 Å². The number of methoxy groups -OCH3 is 1. The van der Waals surface area contributed by atoms with Crippen LogP contribution in [0.25, 0.3) is 0 Å². The molecule has 5 rings (SSSR count). The van der Waals surface area contributed by atoms with Crippen molar-refractivity contribution in [1.82, 2.24) is 26.0 Å². The number of thiazole rings is 1. The van der Waals surface area contributed by atoms with E-state index in [1.807, 2.05) is 6.07 Å². The third kappa shape index (κ3) is 8.13. The number of nitrogen functional groups attached to an aromatic ring is 1. The maximum absolute atomic E-state index is 13.5. The Morgan fingerprint density at radius 3 is 2.62 bits per heavy atom. The largest absolute Gasteiger partial charge is 0.485 e. The number of hydroxylamine groups is 2. The number of benzene rings is 1. The van der Waals surface area contributed by atoms with Gasteiger partial charge < -0.3 is 41.1 Å². The molecule has 0 saturated carbocycles. The van der Waals surface area contributed by atoms with Crippen molar-refractivity contribution < 1.29 is 51.1 Å². The smallest absolute Gasteiger partial charge is 0.418 e. The number of rotatable bonds is 14. The van der Waals surface area contributed by atoms with Crippen LogP contribution in [-0.2, 0) is 45.1 Å². The van der Waals surface area contributed by atoms with E-state index in [1.54, 1.807) is 19.2 Å². The molecule has 1 aromatic heterocycles. The van der Waals surface area contributed by atoms with Crippen molar-refractivity contribution in [2.45, 2.75) is 69.7 Å². The van der Waals surface area contributed by atoms with Gasteiger partial charge in [-0.1, -0.05) is 5.16 Å². The number of ether oxygens (including phenoxy) is 2. The summed E-state index contributed by atoms with van der Waals surface area (Å²) in [6.45, 7) is 6.90. The maximum Gasteiger partial charge on any atom is 0.418 e. The number of β-lactam (4-membered cyclic amide) rings is 1. The van der Waals surface area contributed by atoms with Crippen molar-refractivity contribution in [3.63, 3.8) is 0 Å². The molecule has 0 aliphatic carbocycles. The fourth-order valence-electron chi connectivity index (χ4n) is 6.34. The minimum atomic E-state index is -5.03. The average molecular weight is 767 g/mol. The van der Waals surface area contributed by atoms with Crippen molar-refractivity contribution >= 4 is 56.2 Å². The number of hydrogen-bond donors (Lipinski definition) is 7. The number of aryl methyl sites for hydroxylation is 1. The highest BCUT2D eigenvalue weighted by atomic mass is 32.3. The molecule has 8 N–H and O–H groups in total. The van der Waals surface area contributed by atoms with Gasteiger partial charge >= 0.3 is 16.4 Å². The normalized spacial score (nSPS) is 22.2. The molecule has 2 saturated heterocycles. The Morgan fingerprint density at radius 2 is 2.02 bits per heavy atom. The minimum absolute atomic E-state index is 0.0555. The quantitative estimate of drug-likeness (QED) is 0.0452. The summed E-state index contributed by atoms with van der Waals surface area (Å²) in [5.74, 6) is -2.82. The topological polar surface area (TPSA) is 277 Å². The van der Waals surface area contributed by atoms with Crippen molar-refractivity contribution in [3.05, 3.63) is 40.4 Å². The minimum Gasteiger partial charge on any atom is -0.485 e. The zero-order valence-electron chi connectivity index (χ0n) is 28.9. The number of carboxylic acids is 1. The number of aliphatic carboxylic acids is 1. The number of anilines is 1. The predicted molar refractivity (Wildman–Crippen MR) is 186 cm³/mol. The Bertz CT molecular complexity index is 1860. The molecule has 0 bridgehead atoms. The van der Waals surface area contributed by atoms with Crippen LogP contribution in [0, 0.1) is 10.8 Å². The van der Waals surface area contributed by atoms with E-state index in [1.165, 1.54) is 26.2 Å². The van der Waals surface area contributed by atoms with Gasteiger partial charge in [0.15, 0.2) is 16.9 Å². The molecule has 1 aromatic carbocycles. The van der Waals surface area contributed by atoms with E-state index < -0.39 is 57.2 Å². The molecule has 0 radical (unpaired) electrons. The van der Waals surface area contributed by atoms with Gasteiger partial charge in [-0.3, -0.25) is 19.6 Å². The maximum atomic E-state index is 13.5. The summed E-state index contributed by atoms with van der Waals surface area (Å²) in [7, 11) is -3.36. The first-order valence-electron chi connectivity index (χ1n) is 16.2. The monoisotopic (exact) mass is 766 g/mol. The third-order valence-electron chi connectivity index (χ3n) is 9.52. The number of piperidine rings is 1. The van der Waals surface area contributed by atoms with Gasteiger partial charge in [-0.05, 0) is 83.3 Å². The van der Waals surface area contributed by atoms with Gasteiger partial charge in [0.2, 0.25) is 0 Å². The number of aromatic nitrogens is 1. The molecular weight excluding hydrogens is 725 g/mol. The lowest BCUT2D eigenvalue weighted by molar-refractivity contribution is -0.218. The summed E-state index contributed by atoms with van der Waals surface area (Å²) in [6, 6.07) is 3.85. The molecule has 2 amide bonds. The van der Waals surface area contributed by atoms with Gasteiger partial charge in [-0.25, -0.2) is 9.78 Å². The first kappa shape index (κ1) is 38.8. The van der Waals surface area contributed by atoms with Gasteiger partial charge in [-0.2, -0.15) is 13.5 Å². The number of carbonyl (C=O) groups excluding carboxylic acids is 2. The molecule has 0 spiro atoms. The van der Waals surface area contributed by atoms with E-state index in [0.29, 0.717) is 35.9 Å². The lowest BCUT2D eigenvalue weighted by Crippen LogP contribution is -2.76. The number of amides is 2. The number of amidine groups is 1. The second-order valence-corrected chi connectivity index (χ2v) is 15.5. The van der Waals surface area contributed by atoms with Crippen LogP contribution in [0.15, 0.2) is 28.7 Å². The summed E-state index contributed by atoms with van der Waals surface area (Å²) in [5.41, 5.74) is 2.91. The Labute approximate surface area is 303 Å². The molecule has 2 fully saturated rings. The molecule has 2 aromatic rings. The molecule has 19 nitrogen and oxygen atoms in total. The number of carboxylic acid groups (broad SMARTS) is 1. The zero-order valence-corrected chi connectivity index (χ0v) is 30.6. The number of carbonyl (C=O) groups is 3. The molecule has 21 heteroatoms. The Kier molecular flexibility index (Phi) is 11.1. The lowest BCUT2D eigenvalue weighted by Gasteiger charge is -2.50. The van der Waals surface area contributed by atoms with E-state index in [9.17, 15) is 27.9 Å². The van der Waals surface area contributed by atoms with Crippen molar-refractivity contribution in [1.29, 1.82) is 5.41 Å². The summed E-state index contributed by atoms with van der Waals surface area (Å²) in [6.07, 6.45) is 1.32. The summed E-state index contributed by atoms with van der Waals surface area (Å²) in [5, 5.41) is 33.7. The average Bonchev–Trinajstić information content (AvgIpc) is 3.53. The molecule has 4 heterocycles. The standard InChI is InChI=1S/C31H42N8O11S2/c1-29(2)23(26(41)39(29)50-52(44,45)46)37-25(40)22(19-14-51-28(33)36-19)38-49-30(3,27(42)43)21-8-6-17-13-18(5-7-20(17)48-21)24(32)35-15-31(16-47-4)9-11-34-12-10-31/h5,7,13-14,21,23,34H,6,8-12,15-16H2,1-4H3,(H2,32,35)(H2,33,36)(H,37,40)(H,42,43)(H,44,45,46)/b38-22-/t21-,23-,30+/m1/s1. The van der Waals surface area contributed by atoms with Crippen LogP contribution in [0.2, 0.25) is 0 Å². The first-order chi connectivity index (χ1) is 24.4. The van der Waals surface area contributed by atoms with E-state index >= 15 is 0 Å². The number of nitrogens with zero attached hydrogens (tertiary/aromatic N) is 3. The Hall–Kier alpha value is -4.41. The number of hydrogen-bond acceptors (Lipinski definition) is 15. The summed E-state index contributed by atoms with van der Waals surface area (Å²) in [4.78, 5) is 48.5. The van der Waals surface area contributed by atoms with Crippen LogP contribution < -0.4 is 26.4 Å². The van der Waals surface area contributed by atoms with E-state index in [2.05, 4.69) is 30.4 Å². The Morgan fingerprint density at radius 1 is 1.31 bits per heavy atom. The second kappa shape index (κ2) is 14.9. The van der Waals surface area contributed by atoms with Crippen LogP contribution in [0.1, 0.15) is 56.9 Å². The SMILES string of the molecule is COCC1(CNC(=N)c2ccc3c(c2)CC[C@H]([C@](C)(O/N=C(\C(=O)N[C@@H]2C(=O)N(OS(=O)(=O)O)C2(C)C)c2csc(N)n2)C(=O)O)O3)CCNCC1. The fraction of sp³-hybridized carbons (Fsp3) is 0.548. The molecule has 0 unspecified atom stereocenters. The van der Waals surface area contributed by atoms with Crippen molar-refractivity contribution in [2.24, 2.45) is 10.6 Å². The van der Waals surface area contributed by atoms with Crippen LogP contribution >= 0.6 is 11.3 Å². The van der Waals surface area contributed by atoms with Crippen molar-refractivity contribution in [3.8, 4) is 5.75 Å². The van der Waals surface area contributed by atoms with Gasteiger partial charge in [0.1, 0.15) is 23.3 Å². The van der Waals surface area contributed by atoms with E-state index in [0.717, 1.165) is 42.8 Å². The first-order valence-corrected chi connectivity index (χ1v) is 18.5. The van der Waals surface area contributed by atoms with Crippen LogP contribution in [0.4, 0.5) is 5.13 Å². The van der Waals surface area contributed by atoms with Gasteiger partial charge in [0.05, 0.1) is 12.1 Å². The van der Waals surface area contributed by atoms with Crippen LogP contribution in [-0.4, -0.2) is 114 Å². The van der Waals surface area contributed by atoms with Crippen LogP contribution in [0.3, 0.4) is 0 Å². The molecule has 3 aliphatic heterocycles. The number of nitrogens with one attached hydrogen (secondary N) is 4. The zero-order chi connectivity index (χ0) is 38.1. The summed E-state index contributed by atoms with van der Waals surface area (Å²) < 4.78 is 47.3. The van der Waals surface area contributed by atoms with Crippen LogP contribution in [0.5, 0.6) is 5.75 Å². The number of oxime groups is 1. The third-order valence-corrected chi connectivity index (χ3v) is 10.5. The Balaban J connectivity index is 1.31. The highest BCUT2D eigenvalue weighted by Gasteiger charge is 2.58. The highest BCUT2D eigenvalue weighted by molar-refractivity contribution is 7.80. The van der Waals surface area contributed by atoms with Gasteiger partial charge in [-0.15, -0.1) is 15.6 Å². The lowest BCUT2D eigenvalue weighted by atomic mass is 9.79. The van der Waals surface area contributed by atoms with E-state index in [-0.39, 0.29) is 28.5 Å². The molecule has 52 heavy (non-hydrogen) atoms. The molecule has 284 valence electrons. The highest BCUT2D eigenvalue weighted by Crippen LogP contribution is 2.36. The fourth-order valence-corrected chi connectivity index (χ4v) is 7.34. The van der Waals surface area contributed by atoms with Gasteiger partial charge in [0, 0.05) is 30.0 Å². The van der Waals surface area contributed by atoms with Crippen molar-refractivity contribution in [2.75, 3.05) is 39.1 Å². The number of fused-ring (bicyclic) bond motifs is 1. The molecule has 3 aliphatic rings.